The van der Waals surface area contributed by atoms with E-state index in [1.165, 1.54) is 5.69 Å². The van der Waals surface area contributed by atoms with Crippen molar-refractivity contribution in [2.45, 2.75) is 6.42 Å². The summed E-state index contributed by atoms with van der Waals surface area (Å²) in [6.07, 6.45) is 0.811. The monoisotopic (exact) mass is 468 g/mol. The molecule has 24 heavy (non-hydrogen) atoms. The maximum atomic E-state index is 8.61. The number of ether oxygens (including phenoxy) is 1. The van der Waals surface area contributed by atoms with E-state index in [1.807, 2.05) is 24.3 Å². The highest BCUT2D eigenvalue weighted by molar-refractivity contribution is 14.0. The number of anilines is 1. The van der Waals surface area contributed by atoms with Crippen LogP contribution in [0.15, 0.2) is 29.3 Å². The van der Waals surface area contributed by atoms with Gasteiger partial charge in [0, 0.05) is 50.0 Å². The molecule has 0 amide bonds. The number of rotatable bonds is 7. The lowest BCUT2D eigenvalue weighted by Gasteiger charge is -2.36. The number of halogens is 2. The Morgan fingerprint density at radius 3 is 2.46 bits per heavy atom. The minimum absolute atomic E-state index is 0. The summed E-state index contributed by atoms with van der Waals surface area (Å²) in [5.74, 6) is 0.600. The summed E-state index contributed by atoms with van der Waals surface area (Å²) in [7, 11) is 0. The van der Waals surface area contributed by atoms with Crippen molar-refractivity contribution in [3.8, 4) is 0 Å². The Morgan fingerprint density at radius 2 is 1.83 bits per heavy atom. The van der Waals surface area contributed by atoms with E-state index in [1.54, 1.807) is 0 Å². The quantitative estimate of drug-likeness (QED) is 0.276. The Morgan fingerprint density at radius 1 is 1.17 bits per heavy atom. The first kappa shape index (κ1) is 21.3. The van der Waals surface area contributed by atoms with E-state index in [2.05, 4.69) is 14.8 Å². The van der Waals surface area contributed by atoms with Gasteiger partial charge in [0.05, 0.1) is 13.2 Å². The fourth-order valence-corrected chi connectivity index (χ4v) is 2.60. The summed E-state index contributed by atoms with van der Waals surface area (Å²) < 4.78 is 5.19. The number of hydrogen-bond acceptors (Lipinski definition) is 4. The molecule has 1 saturated heterocycles. The van der Waals surface area contributed by atoms with Crippen LogP contribution in [0.2, 0.25) is 5.02 Å². The van der Waals surface area contributed by atoms with Crippen molar-refractivity contribution in [3.63, 3.8) is 0 Å². The van der Waals surface area contributed by atoms with Crippen LogP contribution in [0.4, 0.5) is 5.69 Å². The second kappa shape index (κ2) is 11.7. The van der Waals surface area contributed by atoms with Crippen molar-refractivity contribution in [2.75, 3.05) is 57.4 Å². The van der Waals surface area contributed by atoms with E-state index in [9.17, 15) is 0 Å². The number of nitrogens with zero attached hydrogens (tertiary/aromatic N) is 3. The number of nitrogens with two attached hydrogens (primary N) is 1. The molecule has 1 aromatic carbocycles. The number of piperazine rings is 1. The van der Waals surface area contributed by atoms with Crippen molar-refractivity contribution < 1.29 is 9.84 Å². The predicted octanol–water partition coefficient (Wildman–Crippen LogP) is 1.79. The van der Waals surface area contributed by atoms with Crippen LogP contribution in [0, 0.1) is 0 Å². The van der Waals surface area contributed by atoms with E-state index >= 15 is 0 Å². The Kier molecular flexibility index (Phi) is 10.4. The molecule has 1 aliphatic heterocycles. The van der Waals surface area contributed by atoms with Gasteiger partial charge in [0.1, 0.15) is 0 Å². The highest BCUT2D eigenvalue weighted by Gasteiger charge is 2.18. The molecule has 0 bridgehead atoms. The maximum absolute atomic E-state index is 8.61. The summed E-state index contributed by atoms with van der Waals surface area (Å²) >= 11 is 5.92. The van der Waals surface area contributed by atoms with Crippen LogP contribution in [-0.2, 0) is 4.74 Å². The van der Waals surface area contributed by atoms with Gasteiger partial charge in [-0.05, 0) is 30.7 Å². The van der Waals surface area contributed by atoms with Gasteiger partial charge in [-0.15, -0.1) is 24.0 Å². The third kappa shape index (κ3) is 7.00. The summed E-state index contributed by atoms with van der Waals surface area (Å²) in [6.45, 7) is 5.23. The average molecular weight is 469 g/mol. The molecule has 0 atom stereocenters. The first-order valence-corrected chi connectivity index (χ1v) is 8.32. The Bertz CT molecular complexity index is 493. The Labute approximate surface area is 165 Å². The van der Waals surface area contributed by atoms with Gasteiger partial charge in [-0.2, -0.15) is 0 Å². The lowest BCUT2D eigenvalue weighted by atomic mass is 10.2. The third-order valence-electron chi connectivity index (χ3n) is 3.75. The smallest absolute Gasteiger partial charge is 0.191 e. The predicted molar refractivity (Wildman–Crippen MR) is 110 cm³/mol. The van der Waals surface area contributed by atoms with Gasteiger partial charge in [0.15, 0.2) is 5.96 Å². The molecule has 136 valence electrons. The fraction of sp³-hybridized carbons (Fsp3) is 0.562. The minimum Gasteiger partial charge on any atom is -0.394 e. The van der Waals surface area contributed by atoms with Gasteiger partial charge < -0.3 is 25.4 Å². The van der Waals surface area contributed by atoms with Crippen LogP contribution in [0.25, 0.3) is 0 Å². The fourth-order valence-electron chi connectivity index (χ4n) is 2.47. The number of aliphatic hydroxyl groups excluding tert-OH is 1. The average Bonchev–Trinajstić information content (AvgIpc) is 2.58. The summed E-state index contributed by atoms with van der Waals surface area (Å²) in [5.41, 5.74) is 7.24. The zero-order valence-corrected chi connectivity index (χ0v) is 16.8. The molecule has 0 aromatic heterocycles. The molecule has 3 N–H and O–H groups in total. The van der Waals surface area contributed by atoms with Gasteiger partial charge in [-0.3, -0.25) is 4.99 Å². The van der Waals surface area contributed by atoms with Gasteiger partial charge in [0.25, 0.3) is 0 Å². The van der Waals surface area contributed by atoms with Gasteiger partial charge in [-0.25, -0.2) is 0 Å². The second-order valence-corrected chi connectivity index (χ2v) is 5.82. The molecule has 8 heteroatoms. The van der Waals surface area contributed by atoms with Gasteiger partial charge in [0.2, 0.25) is 0 Å². The summed E-state index contributed by atoms with van der Waals surface area (Å²) in [4.78, 5) is 8.83. The largest absolute Gasteiger partial charge is 0.394 e. The molecule has 0 saturated carbocycles. The third-order valence-corrected chi connectivity index (χ3v) is 4.00. The van der Waals surface area contributed by atoms with Crippen molar-refractivity contribution in [3.05, 3.63) is 29.3 Å². The first-order valence-electron chi connectivity index (χ1n) is 7.94. The zero-order valence-electron chi connectivity index (χ0n) is 13.7. The SMILES string of the molecule is I.NC(=NCCCOCCO)N1CCN(c2ccc(Cl)cc2)CC1. The molecule has 6 nitrogen and oxygen atoms in total. The van der Waals surface area contributed by atoms with E-state index in [0.29, 0.717) is 25.7 Å². The molecule has 0 aliphatic carbocycles. The van der Waals surface area contributed by atoms with Crippen molar-refractivity contribution in [2.24, 2.45) is 10.7 Å². The van der Waals surface area contributed by atoms with Crippen molar-refractivity contribution in [1.82, 2.24) is 4.90 Å². The maximum Gasteiger partial charge on any atom is 0.191 e. The number of aliphatic hydroxyl groups is 1. The lowest BCUT2D eigenvalue weighted by Crippen LogP contribution is -2.51. The Balaban J connectivity index is 0.00000288. The van der Waals surface area contributed by atoms with E-state index in [4.69, 9.17) is 27.2 Å². The molecule has 1 fully saturated rings. The number of aliphatic imine (C=N–C) groups is 1. The molecular weight excluding hydrogens is 443 g/mol. The van der Waals surface area contributed by atoms with Crippen LogP contribution >= 0.6 is 35.6 Å². The highest BCUT2D eigenvalue weighted by atomic mass is 127. The zero-order chi connectivity index (χ0) is 16.5. The van der Waals surface area contributed by atoms with E-state index in [-0.39, 0.29) is 30.6 Å². The van der Waals surface area contributed by atoms with Crippen molar-refractivity contribution >= 4 is 47.2 Å². The Hall–Kier alpha value is -0.770. The van der Waals surface area contributed by atoms with Crippen LogP contribution in [0.3, 0.4) is 0 Å². The molecule has 1 aliphatic rings. The van der Waals surface area contributed by atoms with E-state index < -0.39 is 0 Å². The lowest BCUT2D eigenvalue weighted by molar-refractivity contribution is 0.0917. The minimum atomic E-state index is 0. The molecule has 1 aromatic rings. The van der Waals surface area contributed by atoms with Crippen LogP contribution in [0.1, 0.15) is 6.42 Å². The molecule has 0 unspecified atom stereocenters. The number of benzene rings is 1. The standard InChI is InChI=1S/C16H25ClN4O2.HI/c17-14-2-4-15(5-3-14)20-7-9-21(10-8-20)16(18)19-6-1-12-23-13-11-22;/h2-5,22H,1,6-13H2,(H2,18,19);1H. The molecule has 0 spiro atoms. The van der Waals surface area contributed by atoms with Crippen LogP contribution < -0.4 is 10.6 Å². The van der Waals surface area contributed by atoms with Crippen molar-refractivity contribution in [1.29, 1.82) is 0 Å². The molecule has 1 heterocycles. The number of hydrogen-bond donors (Lipinski definition) is 2. The normalized spacial score (nSPS) is 15.3. The molecular formula is C16H26ClIN4O2. The second-order valence-electron chi connectivity index (χ2n) is 5.38. The van der Waals surface area contributed by atoms with Gasteiger partial charge >= 0.3 is 0 Å². The van der Waals surface area contributed by atoms with Crippen LogP contribution in [0.5, 0.6) is 0 Å². The topological polar surface area (TPSA) is 74.3 Å². The first-order chi connectivity index (χ1) is 11.2. The van der Waals surface area contributed by atoms with Gasteiger partial charge in [-0.1, -0.05) is 11.6 Å². The molecule has 0 radical (unpaired) electrons. The summed E-state index contributed by atoms with van der Waals surface area (Å²) in [5, 5.41) is 9.36. The molecule has 2 rings (SSSR count). The van der Waals surface area contributed by atoms with E-state index in [0.717, 1.165) is 37.6 Å². The summed E-state index contributed by atoms with van der Waals surface area (Å²) in [6, 6.07) is 7.92. The number of guanidine groups is 1. The van der Waals surface area contributed by atoms with Crippen LogP contribution in [-0.4, -0.2) is 68.5 Å². The highest BCUT2D eigenvalue weighted by Crippen LogP contribution is 2.19.